The maximum atomic E-state index is 12.5. The van der Waals surface area contributed by atoms with Gasteiger partial charge in [-0.2, -0.15) is 0 Å². The molecule has 1 fully saturated rings. The quantitative estimate of drug-likeness (QED) is 0.709. The molecule has 0 atom stereocenters. The highest BCUT2D eigenvalue weighted by atomic mass is 16.5. The van der Waals surface area contributed by atoms with Gasteiger partial charge in [0.05, 0.1) is 6.20 Å². The van der Waals surface area contributed by atoms with Crippen molar-refractivity contribution in [2.75, 3.05) is 0 Å². The van der Waals surface area contributed by atoms with Crippen LogP contribution in [0.5, 0.6) is 5.75 Å². The van der Waals surface area contributed by atoms with Gasteiger partial charge < -0.3 is 9.72 Å². The third kappa shape index (κ3) is 3.95. The number of aromatic amines is 1. The summed E-state index contributed by atoms with van der Waals surface area (Å²) >= 11 is 0. The van der Waals surface area contributed by atoms with Crippen LogP contribution in [0.25, 0.3) is 0 Å². The molecule has 1 aliphatic rings. The van der Waals surface area contributed by atoms with E-state index in [4.69, 9.17) is 4.74 Å². The first kappa shape index (κ1) is 17.5. The number of nitrogens with one attached hydrogen (secondary N) is 1. The van der Waals surface area contributed by atoms with E-state index in [0.29, 0.717) is 6.61 Å². The largest absolute Gasteiger partial charge is 0.482 e. The van der Waals surface area contributed by atoms with Gasteiger partial charge in [0, 0.05) is 11.8 Å². The molecule has 1 saturated carbocycles. The molecule has 138 valence electrons. The highest BCUT2D eigenvalue weighted by molar-refractivity contribution is 5.28. The van der Waals surface area contributed by atoms with E-state index < -0.39 is 0 Å². The molecule has 27 heavy (non-hydrogen) atoms. The predicted octanol–water partition coefficient (Wildman–Crippen LogP) is 4.40. The summed E-state index contributed by atoms with van der Waals surface area (Å²) in [7, 11) is 0. The Labute approximate surface area is 159 Å². The Balaban J connectivity index is 1.51. The summed E-state index contributed by atoms with van der Waals surface area (Å²) in [4.78, 5) is 19.9. The topological polar surface area (TPSA) is 55.0 Å². The molecule has 1 aromatic heterocycles. The van der Waals surface area contributed by atoms with Crippen molar-refractivity contribution in [3.05, 3.63) is 94.2 Å². The number of hydrogen-bond donors (Lipinski definition) is 1. The molecule has 0 spiro atoms. The van der Waals surface area contributed by atoms with E-state index in [1.807, 2.05) is 36.4 Å². The van der Waals surface area contributed by atoms with E-state index >= 15 is 0 Å². The second kappa shape index (κ2) is 7.78. The van der Waals surface area contributed by atoms with Crippen LogP contribution < -0.4 is 10.3 Å². The molecule has 0 amide bonds. The van der Waals surface area contributed by atoms with Crippen LogP contribution in [0, 0.1) is 0 Å². The summed E-state index contributed by atoms with van der Waals surface area (Å²) in [5.41, 5.74) is 2.23. The lowest BCUT2D eigenvalue weighted by atomic mass is 9.76. The fourth-order valence-electron chi connectivity index (χ4n) is 4.08. The Morgan fingerprint density at radius 3 is 2.30 bits per heavy atom. The van der Waals surface area contributed by atoms with Crippen molar-refractivity contribution in [2.45, 2.75) is 44.1 Å². The van der Waals surface area contributed by atoms with Gasteiger partial charge >= 0.3 is 0 Å². The van der Waals surface area contributed by atoms with Gasteiger partial charge in [-0.3, -0.25) is 4.79 Å². The zero-order valence-electron chi connectivity index (χ0n) is 15.4. The van der Waals surface area contributed by atoms with E-state index in [0.717, 1.165) is 30.7 Å². The number of H-pyrrole nitrogens is 1. The summed E-state index contributed by atoms with van der Waals surface area (Å²) in [6.45, 7) is 0.360. The second-order valence-corrected chi connectivity index (χ2v) is 7.33. The van der Waals surface area contributed by atoms with E-state index in [1.165, 1.54) is 18.4 Å². The van der Waals surface area contributed by atoms with Crippen LogP contribution in [-0.2, 0) is 18.4 Å². The minimum Gasteiger partial charge on any atom is -0.482 e. The molecule has 4 heteroatoms. The van der Waals surface area contributed by atoms with Crippen molar-refractivity contribution in [3.63, 3.8) is 0 Å². The molecule has 1 heterocycles. The van der Waals surface area contributed by atoms with Gasteiger partial charge in [-0.25, -0.2) is 4.98 Å². The minimum absolute atomic E-state index is 0.0730. The molecule has 3 aromatic rings. The molecule has 0 bridgehead atoms. The number of aromatic nitrogens is 2. The third-order valence-corrected chi connectivity index (χ3v) is 5.51. The first-order valence-electron chi connectivity index (χ1n) is 9.56. The van der Waals surface area contributed by atoms with Gasteiger partial charge in [-0.15, -0.1) is 0 Å². The van der Waals surface area contributed by atoms with Crippen LogP contribution in [0.1, 0.15) is 42.6 Å². The van der Waals surface area contributed by atoms with Gasteiger partial charge in [0.1, 0.15) is 12.4 Å². The van der Waals surface area contributed by atoms with Crippen LogP contribution >= 0.6 is 0 Å². The summed E-state index contributed by atoms with van der Waals surface area (Å²) < 4.78 is 5.65. The second-order valence-electron chi connectivity index (χ2n) is 7.33. The van der Waals surface area contributed by atoms with E-state index in [9.17, 15) is 4.79 Å². The fraction of sp³-hybridized carbons (Fsp3) is 0.304. The molecule has 1 aliphatic carbocycles. The number of benzene rings is 2. The number of ether oxygens (including phenoxy) is 1. The standard InChI is InChI=1S/C23H24N2O2/c26-22-20(27-17-18-9-3-1-4-10-18)16-24-21(25-22)15-23(13-7-8-14-23)19-11-5-2-6-12-19/h1-6,9-12,16H,7-8,13-15,17H2,(H,24,25,26). The van der Waals surface area contributed by atoms with Gasteiger partial charge in [-0.1, -0.05) is 73.5 Å². The van der Waals surface area contributed by atoms with Gasteiger partial charge in [-0.05, 0) is 24.0 Å². The molecular weight excluding hydrogens is 336 g/mol. The van der Waals surface area contributed by atoms with Gasteiger partial charge in [0.15, 0.2) is 0 Å². The summed E-state index contributed by atoms with van der Waals surface area (Å²) in [5.74, 6) is 1.00. The molecule has 2 aromatic carbocycles. The average Bonchev–Trinajstić information content (AvgIpc) is 3.18. The van der Waals surface area contributed by atoms with Crippen molar-refractivity contribution in [1.29, 1.82) is 0 Å². The zero-order valence-corrected chi connectivity index (χ0v) is 15.4. The Kier molecular flexibility index (Phi) is 5.05. The van der Waals surface area contributed by atoms with Crippen molar-refractivity contribution in [3.8, 4) is 5.75 Å². The lowest BCUT2D eigenvalue weighted by Crippen LogP contribution is -2.27. The number of nitrogens with zero attached hydrogens (tertiary/aromatic N) is 1. The van der Waals surface area contributed by atoms with Crippen molar-refractivity contribution in [1.82, 2.24) is 9.97 Å². The summed E-state index contributed by atoms with van der Waals surface area (Å²) in [6.07, 6.45) is 7.02. The SMILES string of the molecule is O=c1[nH]c(CC2(c3ccccc3)CCCC2)ncc1OCc1ccccc1. The first-order valence-corrected chi connectivity index (χ1v) is 9.56. The first-order chi connectivity index (χ1) is 13.3. The fourth-order valence-corrected chi connectivity index (χ4v) is 4.08. The minimum atomic E-state index is -0.211. The highest BCUT2D eigenvalue weighted by Gasteiger charge is 2.36. The van der Waals surface area contributed by atoms with Gasteiger partial charge in [0.2, 0.25) is 5.75 Å². The highest BCUT2D eigenvalue weighted by Crippen LogP contribution is 2.43. The summed E-state index contributed by atoms with van der Waals surface area (Å²) in [6, 6.07) is 20.4. The average molecular weight is 360 g/mol. The molecule has 0 saturated heterocycles. The van der Waals surface area contributed by atoms with Crippen LogP contribution in [0.2, 0.25) is 0 Å². The molecule has 4 nitrogen and oxygen atoms in total. The number of hydrogen-bond acceptors (Lipinski definition) is 3. The van der Waals surface area contributed by atoms with E-state index in [1.54, 1.807) is 6.20 Å². The molecular formula is C23H24N2O2. The van der Waals surface area contributed by atoms with Crippen LogP contribution in [0.3, 0.4) is 0 Å². The molecule has 0 unspecified atom stereocenters. The molecule has 4 rings (SSSR count). The monoisotopic (exact) mass is 360 g/mol. The lowest BCUT2D eigenvalue weighted by molar-refractivity contribution is 0.299. The Morgan fingerprint density at radius 2 is 1.63 bits per heavy atom. The van der Waals surface area contributed by atoms with E-state index in [2.05, 4.69) is 34.2 Å². The number of rotatable bonds is 6. The Morgan fingerprint density at radius 1 is 0.963 bits per heavy atom. The smallest absolute Gasteiger partial charge is 0.293 e. The molecule has 0 aliphatic heterocycles. The zero-order chi connectivity index (χ0) is 18.5. The molecule has 1 N–H and O–H groups in total. The Bertz CT molecular complexity index is 929. The normalized spacial score (nSPS) is 15.6. The molecule has 0 radical (unpaired) electrons. The maximum Gasteiger partial charge on any atom is 0.293 e. The van der Waals surface area contributed by atoms with Crippen molar-refractivity contribution in [2.24, 2.45) is 0 Å². The van der Waals surface area contributed by atoms with Gasteiger partial charge in [0.25, 0.3) is 5.56 Å². The maximum absolute atomic E-state index is 12.5. The predicted molar refractivity (Wildman–Crippen MR) is 106 cm³/mol. The van der Waals surface area contributed by atoms with E-state index in [-0.39, 0.29) is 16.7 Å². The third-order valence-electron chi connectivity index (χ3n) is 5.51. The Hall–Kier alpha value is -2.88. The van der Waals surface area contributed by atoms with Crippen LogP contribution in [-0.4, -0.2) is 9.97 Å². The van der Waals surface area contributed by atoms with Crippen LogP contribution in [0.4, 0.5) is 0 Å². The van der Waals surface area contributed by atoms with Crippen molar-refractivity contribution >= 4 is 0 Å². The van der Waals surface area contributed by atoms with Crippen LogP contribution in [0.15, 0.2) is 71.7 Å². The summed E-state index contributed by atoms with van der Waals surface area (Å²) in [5, 5.41) is 0. The van der Waals surface area contributed by atoms with Crippen molar-refractivity contribution < 1.29 is 4.74 Å². The lowest BCUT2D eigenvalue weighted by Gasteiger charge is -2.29.